The number of pyridine rings is 1. The van der Waals surface area contributed by atoms with Crippen LogP contribution in [0.1, 0.15) is 13.3 Å². The molecule has 2 N–H and O–H groups in total. The van der Waals surface area contributed by atoms with E-state index in [9.17, 15) is 8.42 Å². The maximum atomic E-state index is 11.4. The Balaban J connectivity index is 2.11. The second-order valence-electron chi connectivity index (χ2n) is 4.76. The topological polar surface area (TPSA) is 71.1 Å². The summed E-state index contributed by atoms with van der Waals surface area (Å²) in [6, 6.07) is 12.3. The lowest BCUT2D eigenvalue weighted by molar-refractivity contribution is 0.602. The standard InChI is InChI=1S/C15H19N3O2S/c1-3-11-16-14-5-4-6-15(18-14)17-12-7-9-13(10-8-12)21(2,19)20/h4-10H,3,11H2,1-2H3,(H2,16,17,18). The molecule has 0 atom stereocenters. The Morgan fingerprint density at radius 1 is 1.05 bits per heavy atom. The molecule has 0 aliphatic carbocycles. The highest BCUT2D eigenvalue weighted by Crippen LogP contribution is 2.18. The number of benzene rings is 1. The van der Waals surface area contributed by atoms with Gasteiger partial charge in [0.1, 0.15) is 11.6 Å². The maximum absolute atomic E-state index is 11.4. The number of hydrogen-bond acceptors (Lipinski definition) is 5. The van der Waals surface area contributed by atoms with E-state index in [1.807, 2.05) is 18.2 Å². The van der Waals surface area contributed by atoms with Gasteiger partial charge < -0.3 is 10.6 Å². The highest BCUT2D eigenvalue weighted by Gasteiger charge is 2.06. The normalized spacial score (nSPS) is 11.1. The molecular formula is C15H19N3O2S. The Morgan fingerprint density at radius 3 is 2.33 bits per heavy atom. The molecule has 1 aromatic carbocycles. The van der Waals surface area contributed by atoms with Crippen LogP contribution >= 0.6 is 0 Å². The van der Waals surface area contributed by atoms with Crippen molar-refractivity contribution in [3.63, 3.8) is 0 Å². The first-order chi connectivity index (χ1) is 9.99. The third-order valence-corrected chi connectivity index (χ3v) is 3.99. The molecule has 0 fully saturated rings. The van der Waals surface area contributed by atoms with Crippen molar-refractivity contribution >= 4 is 27.2 Å². The molecule has 0 unspecified atom stereocenters. The molecule has 21 heavy (non-hydrogen) atoms. The zero-order chi connectivity index (χ0) is 15.3. The van der Waals surface area contributed by atoms with Crippen LogP contribution in [0.3, 0.4) is 0 Å². The smallest absolute Gasteiger partial charge is 0.175 e. The van der Waals surface area contributed by atoms with Gasteiger partial charge in [0.15, 0.2) is 9.84 Å². The molecule has 1 heterocycles. The summed E-state index contributed by atoms with van der Waals surface area (Å²) in [7, 11) is -3.16. The van der Waals surface area contributed by atoms with Crippen molar-refractivity contribution in [2.24, 2.45) is 0 Å². The van der Waals surface area contributed by atoms with E-state index < -0.39 is 9.84 Å². The highest BCUT2D eigenvalue weighted by molar-refractivity contribution is 7.90. The second kappa shape index (κ2) is 6.58. The predicted molar refractivity (Wildman–Crippen MR) is 85.9 cm³/mol. The van der Waals surface area contributed by atoms with E-state index in [-0.39, 0.29) is 0 Å². The van der Waals surface area contributed by atoms with E-state index >= 15 is 0 Å². The van der Waals surface area contributed by atoms with Crippen LogP contribution in [0.15, 0.2) is 47.4 Å². The maximum Gasteiger partial charge on any atom is 0.175 e. The molecule has 0 aliphatic rings. The summed E-state index contributed by atoms with van der Waals surface area (Å²) in [5.41, 5.74) is 0.794. The summed E-state index contributed by atoms with van der Waals surface area (Å²) in [4.78, 5) is 4.74. The first kappa shape index (κ1) is 15.3. The number of sulfone groups is 1. The number of rotatable bonds is 6. The molecule has 6 heteroatoms. The summed E-state index contributed by atoms with van der Waals surface area (Å²) in [6.45, 7) is 2.97. The average Bonchev–Trinajstić information content (AvgIpc) is 2.45. The van der Waals surface area contributed by atoms with Crippen LogP contribution in [0.4, 0.5) is 17.3 Å². The van der Waals surface area contributed by atoms with E-state index in [0.717, 1.165) is 24.5 Å². The fraction of sp³-hybridized carbons (Fsp3) is 0.267. The van der Waals surface area contributed by atoms with Crippen LogP contribution in [0.2, 0.25) is 0 Å². The molecule has 112 valence electrons. The third kappa shape index (κ3) is 4.46. The Kier molecular flexibility index (Phi) is 4.80. The van der Waals surface area contributed by atoms with E-state index in [2.05, 4.69) is 22.5 Å². The Morgan fingerprint density at radius 2 is 1.71 bits per heavy atom. The molecule has 0 amide bonds. The number of nitrogens with zero attached hydrogens (tertiary/aromatic N) is 1. The van der Waals surface area contributed by atoms with E-state index in [1.165, 1.54) is 6.26 Å². The van der Waals surface area contributed by atoms with Crippen molar-refractivity contribution in [2.75, 3.05) is 23.4 Å². The van der Waals surface area contributed by atoms with Crippen molar-refractivity contribution in [1.29, 1.82) is 0 Å². The van der Waals surface area contributed by atoms with Crippen LogP contribution in [0, 0.1) is 0 Å². The van der Waals surface area contributed by atoms with Crippen LogP contribution in [-0.4, -0.2) is 26.2 Å². The largest absolute Gasteiger partial charge is 0.370 e. The molecule has 0 bridgehead atoms. The summed E-state index contributed by atoms with van der Waals surface area (Å²) in [5.74, 6) is 1.53. The van der Waals surface area contributed by atoms with Gasteiger partial charge in [-0.25, -0.2) is 13.4 Å². The van der Waals surface area contributed by atoms with Crippen molar-refractivity contribution in [2.45, 2.75) is 18.2 Å². The third-order valence-electron chi connectivity index (χ3n) is 2.86. The average molecular weight is 305 g/mol. The van der Waals surface area contributed by atoms with Gasteiger partial charge in [0.25, 0.3) is 0 Å². The lowest BCUT2D eigenvalue weighted by Crippen LogP contribution is -2.03. The van der Waals surface area contributed by atoms with Gasteiger partial charge in [-0.3, -0.25) is 0 Å². The fourth-order valence-corrected chi connectivity index (χ4v) is 2.42. The highest BCUT2D eigenvalue weighted by atomic mass is 32.2. The van der Waals surface area contributed by atoms with Crippen LogP contribution < -0.4 is 10.6 Å². The molecule has 0 saturated carbocycles. The Labute approximate surface area is 125 Å². The molecule has 5 nitrogen and oxygen atoms in total. The molecule has 2 rings (SSSR count). The lowest BCUT2D eigenvalue weighted by atomic mass is 10.3. The number of aromatic nitrogens is 1. The molecule has 0 spiro atoms. The second-order valence-corrected chi connectivity index (χ2v) is 6.77. The van der Waals surface area contributed by atoms with Gasteiger partial charge in [-0.2, -0.15) is 0 Å². The predicted octanol–water partition coefficient (Wildman–Crippen LogP) is 3.05. The van der Waals surface area contributed by atoms with Crippen LogP contribution in [-0.2, 0) is 9.84 Å². The number of hydrogen-bond donors (Lipinski definition) is 2. The van der Waals surface area contributed by atoms with Gasteiger partial charge in [-0.05, 0) is 42.8 Å². The van der Waals surface area contributed by atoms with Gasteiger partial charge in [0.2, 0.25) is 0 Å². The molecule has 0 aliphatic heterocycles. The summed E-state index contributed by atoms with van der Waals surface area (Å²) < 4.78 is 22.8. The van der Waals surface area contributed by atoms with Crippen LogP contribution in [0.5, 0.6) is 0 Å². The zero-order valence-corrected chi connectivity index (χ0v) is 12.9. The summed E-state index contributed by atoms with van der Waals surface area (Å²) in [6.07, 6.45) is 2.23. The number of nitrogens with one attached hydrogen (secondary N) is 2. The molecule has 1 aromatic heterocycles. The Bertz CT molecular complexity index is 697. The lowest BCUT2D eigenvalue weighted by Gasteiger charge is -2.09. The zero-order valence-electron chi connectivity index (χ0n) is 12.1. The van der Waals surface area contributed by atoms with Crippen molar-refractivity contribution < 1.29 is 8.42 Å². The first-order valence-electron chi connectivity index (χ1n) is 6.77. The van der Waals surface area contributed by atoms with E-state index in [1.54, 1.807) is 24.3 Å². The molecule has 2 aromatic rings. The molecular weight excluding hydrogens is 286 g/mol. The minimum absolute atomic E-state index is 0.305. The monoisotopic (exact) mass is 305 g/mol. The van der Waals surface area contributed by atoms with Gasteiger partial charge in [0, 0.05) is 18.5 Å². The van der Waals surface area contributed by atoms with Crippen LogP contribution in [0.25, 0.3) is 0 Å². The fourth-order valence-electron chi connectivity index (χ4n) is 1.79. The van der Waals surface area contributed by atoms with Gasteiger partial charge in [-0.1, -0.05) is 13.0 Å². The molecule has 0 saturated heterocycles. The minimum Gasteiger partial charge on any atom is -0.370 e. The van der Waals surface area contributed by atoms with Gasteiger partial charge in [-0.15, -0.1) is 0 Å². The Hall–Kier alpha value is -2.08. The summed E-state index contributed by atoms with van der Waals surface area (Å²) in [5, 5.41) is 6.37. The van der Waals surface area contributed by atoms with Crippen molar-refractivity contribution in [3.8, 4) is 0 Å². The minimum atomic E-state index is -3.16. The van der Waals surface area contributed by atoms with Gasteiger partial charge in [0.05, 0.1) is 4.90 Å². The van der Waals surface area contributed by atoms with Crippen molar-refractivity contribution in [1.82, 2.24) is 4.98 Å². The quantitative estimate of drug-likeness (QED) is 0.858. The SMILES string of the molecule is CCCNc1cccc(Nc2ccc(S(C)(=O)=O)cc2)n1. The first-order valence-corrected chi connectivity index (χ1v) is 8.66. The van der Waals surface area contributed by atoms with Crippen molar-refractivity contribution in [3.05, 3.63) is 42.5 Å². The van der Waals surface area contributed by atoms with E-state index in [4.69, 9.17) is 0 Å². The van der Waals surface area contributed by atoms with E-state index in [0.29, 0.717) is 10.7 Å². The summed E-state index contributed by atoms with van der Waals surface area (Å²) >= 11 is 0. The number of anilines is 3. The van der Waals surface area contributed by atoms with Gasteiger partial charge >= 0.3 is 0 Å². The molecule has 0 radical (unpaired) electrons.